The third kappa shape index (κ3) is 4.18. The maximum atomic E-state index is 9.36. The van der Waals surface area contributed by atoms with E-state index in [1.807, 2.05) is 73.1 Å². The van der Waals surface area contributed by atoms with Crippen molar-refractivity contribution in [2.45, 2.75) is 38.1 Å². The Morgan fingerprint density at radius 2 is 1.81 bits per heavy atom. The van der Waals surface area contributed by atoms with Gasteiger partial charge in [-0.2, -0.15) is 0 Å². The molecule has 0 spiro atoms. The summed E-state index contributed by atoms with van der Waals surface area (Å²) in [4.78, 5) is 4.51. The van der Waals surface area contributed by atoms with Crippen LogP contribution in [0.5, 0.6) is 0 Å². The molecule has 0 radical (unpaired) electrons. The molecule has 1 saturated heterocycles. The van der Waals surface area contributed by atoms with E-state index < -0.39 is 6.29 Å². The molecule has 0 aliphatic carbocycles. The molecule has 1 fully saturated rings. The maximum Gasteiger partial charge on any atom is 0.185 e. The van der Waals surface area contributed by atoms with Gasteiger partial charge in [0.15, 0.2) is 6.29 Å². The van der Waals surface area contributed by atoms with Gasteiger partial charge in [-0.25, -0.2) is 4.98 Å². The molecule has 31 heavy (non-hydrogen) atoms. The van der Waals surface area contributed by atoms with Gasteiger partial charge in [0.2, 0.25) is 0 Å². The lowest BCUT2D eigenvalue weighted by atomic mass is 10.00. The zero-order valence-electron chi connectivity index (χ0n) is 17.1. The van der Waals surface area contributed by atoms with E-state index in [0.717, 1.165) is 27.7 Å². The summed E-state index contributed by atoms with van der Waals surface area (Å²) in [6.45, 7) is 0.699. The second-order valence-electron chi connectivity index (χ2n) is 7.91. The first-order valence-electron chi connectivity index (χ1n) is 10.5. The van der Waals surface area contributed by atoms with Gasteiger partial charge in [-0.15, -0.1) is 0 Å². The first-order chi connectivity index (χ1) is 15.2. The Hall–Kier alpha value is -3.19. The number of fused-ring (bicyclic) bond motifs is 1. The van der Waals surface area contributed by atoms with Crippen molar-refractivity contribution < 1.29 is 14.6 Å². The van der Waals surface area contributed by atoms with Crippen molar-refractivity contribution in [3.8, 4) is 0 Å². The SMILES string of the molecule is Nc1cccc([C@H]2O[C@@H](Cn3cnc4ccccc43)C[C@@H](c3ccc(CO)cc3)O2)c1. The summed E-state index contributed by atoms with van der Waals surface area (Å²) in [6.07, 6.45) is 1.86. The number of aromatic nitrogens is 2. The van der Waals surface area contributed by atoms with E-state index in [0.29, 0.717) is 18.7 Å². The smallest absolute Gasteiger partial charge is 0.185 e. The number of nitrogens with two attached hydrogens (primary N) is 1. The van der Waals surface area contributed by atoms with Crippen LogP contribution in [0.25, 0.3) is 11.0 Å². The monoisotopic (exact) mass is 415 g/mol. The van der Waals surface area contributed by atoms with E-state index in [-0.39, 0.29) is 18.8 Å². The highest BCUT2D eigenvalue weighted by molar-refractivity contribution is 5.74. The molecule has 2 heterocycles. The fourth-order valence-electron chi connectivity index (χ4n) is 4.11. The Labute approximate surface area is 180 Å². The molecule has 1 aromatic heterocycles. The fourth-order valence-corrected chi connectivity index (χ4v) is 4.11. The van der Waals surface area contributed by atoms with Gasteiger partial charge in [-0.3, -0.25) is 0 Å². The molecular formula is C25H25N3O3. The number of hydrogen-bond donors (Lipinski definition) is 2. The molecule has 3 atom stereocenters. The van der Waals surface area contributed by atoms with Gasteiger partial charge in [0.05, 0.1) is 42.7 Å². The second kappa shape index (κ2) is 8.51. The second-order valence-corrected chi connectivity index (χ2v) is 7.91. The highest BCUT2D eigenvalue weighted by Gasteiger charge is 2.32. The van der Waals surface area contributed by atoms with Gasteiger partial charge in [0.1, 0.15) is 0 Å². The van der Waals surface area contributed by atoms with Crippen LogP contribution in [0, 0.1) is 0 Å². The Kier molecular flexibility index (Phi) is 5.42. The van der Waals surface area contributed by atoms with Gasteiger partial charge < -0.3 is 24.9 Å². The number of nitrogens with zero attached hydrogens (tertiary/aromatic N) is 2. The predicted molar refractivity (Wildman–Crippen MR) is 119 cm³/mol. The van der Waals surface area contributed by atoms with Gasteiger partial charge in [0.25, 0.3) is 0 Å². The summed E-state index contributed by atoms with van der Waals surface area (Å²) in [5, 5.41) is 9.36. The standard InChI is InChI=1S/C25H25N3O3/c26-20-5-3-4-19(12-20)25-30-21(14-28-16-27-22-6-1-2-7-23(22)28)13-24(31-25)18-10-8-17(15-29)9-11-18/h1-12,16,21,24-25,29H,13-15,26H2/t21-,24+,25+/m1/s1. The summed E-state index contributed by atoms with van der Waals surface area (Å²) >= 11 is 0. The number of rotatable bonds is 5. The number of nitrogen functional groups attached to an aromatic ring is 1. The number of imidazole rings is 1. The number of ether oxygens (including phenoxy) is 2. The third-order valence-corrected chi connectivity index (χ3v) is 5.73. The Bertz CT molecular complexity index is 1170. The van der Waals surface area contributed by atoms with Crippen LogP contribution in [0.1, 0.15) is 35.5 Å². The van der Waals surface area contributed by atoms with Crippen molar-refractivity contribution in [1.29, 1.82) is 0 Å². The Balaban J connectivity index is 1.44. The number of aliphatic hydroxyl groups excluding tert-OH is 1. The van der Waals surface area contributed by atoms with Crippen molar-refractivity contribution in [3.63, 3.8) is 0 Å². The van der Waals surface area contributed by atoms with Crippen LogP contribution in [-0.4, -0.2) is 20.8 Å². The van der Waals surface area contributed by atoms with Gasteiger partial charge in [0, 0.05) is 17.7 Å². The molecule has 0 bridgehead atoms. The first kappa shape index (κ1) is 19.8. The minimum Gasteiger partial charge on any atom is -0.399 e. The van der Waals surface area contributed by atoms with Crippen LogP contribution in [0.15, 0.2) is 79.1 Å². The molecule has 6 nitrogen and oxygen atoms in total. The number of para-hydroxylation sites is 2. The highest BCUT2D eigenvalue weighted by Crippen LogP contribution is 2.38. The number of aliphatic hydroxyl groups is 1. The molecule has 1 aliphatic rings. The zero-order chi connectivity index (χ0) is 21.2. The molecule has 158 valence electrons. The molecule has 3 aromatic carbocycles. The number of hydrogen-bond acceptors (Lipinski definition) is 5. The van der Waals surface area contributed by atoms with Crippen LogP contribution in [0.2, 0.25) is 0 Å². The fraction of sp³-hybridized carbons (Fsp3) is 0.240. The molecule has 6 heteroatoms. The Morgan fingerprint density at radius 3 is 2.61 bits per heavy atom. The van der Waals surface area contributed by atoms with E-state index >= 15 is 0 Å². The van der Waals surface area contributed by atoms with Crippen molar-refractivity contribution in [2.24, 2.45) is 0 Å². The van der Waals surface area contributed by atoms with Crippen molar-refractivity contribution in [2.75, 3.05) is 5.73 Å². The molecule has 5 rings (SSSR count). The lowest BCUT2D eigenvalue weighted by Gasteiger charge is -2.36. The molecule has 3 N–H and O–H groups in total. The minimum absolute atomic E-state index is 0.0250. The van der Waals surface area contributed by atoms with Crippen LogP contribution in [0.4, 0.5) is 5.69 Å². The maximum absolute atomic E-state index is 9.36. The summed E-state index contributed by atoms with van der Waals surface area (Å²) in [5.74, 6) is 0. The van der Waals surface area contributed by atoms with Crippen LogP contribution < -0.4 is 5.73 Å². The zero-order valence-corrected chi connectivity index (χ0v) is 17.1. The van der Waals surface area contributed by atoms with Crippen LogP contribution in [-0.2, 0) is 22.6 Å². The third-order valence-electron chi connectivity index (χ3n) is 5.73. The predicted octanol–water partition coefficient (Wildman–Crippen LogP) is 4.36. The van der Waals surface area contributed by atoms with Crippen molar-refractivity contribution in [1.82, 2.24) is 9.55 Å². The normalized spacial score (nSPS) is 21.4. The van der Waals surface area contributed by atoms with E-state index in [4.69, 9.17) is 15.2 Å². The highest BCUT2D eigenvalue weighted by atomic mass is 16.7. The van der Waals surface area contributed by atoms with E-state index in [1.165, 1.54) is 0 Å². The summed E-state index contributed by atoms with van der Waals surface area (Å²) in [5.41, 5.74) is 11.6. The molecule has 1 aliphatic heterocycles. The van der Waals surface area contributed by atoms with Gasteiger partial charge in [-0.1, -0.05) is 48.5 Å². The summed E-state index contributed by atoms with van der Waals surface area (Å²) < 4.78 is 14.9. The molecule has 0 unspecified atom stereocenters. The molecule has 0 amide bonds. The first-order valence-corrected chi connectivity index (χ1v) is 10.5. The Morgan fingerprint density at radius 1 is 0.968 bits per heavy atom. The van der Waals surface area contributed by atoms with Crippen LogP contribution in [0.3, 0.4) is 0 Å². The van der Waals surface area contributed by atoms with E-state index in [9.17, 15) is 5.11 Å². The van der Waals surface area contributed by atoms with Crippen molar-refractivity contribution in [3.05, 3.63) is 95.8 Å². The molecule has 0 saturated carbocycles. The number of anilines is 1. The van der Waals surface area contributed by atoms with Gasteiger partial charge in [-0.05, 0) is 35.4 Å². The lowest BCUT2D eigenvalue weighted by Crippen LogP contribution is -2.32. The van der Waals surface area contributed by atoms with Crippen molar-refractivity contribution >= 4 is 16.7 Å². The quantitative estimate of drug-likeness (QED) is 0.474. The van der Waals surface area contributed by atoms with Gasteiger partial charge >= 0.3 is 0 Å². The lowest BCUT2D eigenvalue weighted by molar-refractivity contribution is -0.252. The topological polar surface area (TPSA) is 82.5 Å². The minimum atomic E-state index is -0.514. The van der Waals surface area contributed by atoms with E-state index in [1.54, 1.807) is 0 Å². The van der Waals surface area contributed by atoms with Crippen LogP contribution >= 0.6 is 0 Å². The van der Waals surface area contributed by atoms with E-state index in [2.05, 4.69) is 15.6 Å². The number of benzene rings is 3. The largest absolute Gasteiger partial charge is 0.399 e. The molecule has 4 aromatic rings. The molecular weight excluding hydrogens is 390 g/mol. The summed E-state index contributed by atoms with van der Waals surface area (Å²) in [6, 6.07) is 23.6. The average molecular weight is 415 g/mol. The average Bonchev–Trinajstić information content (AvgIpc) is 3.22. The summed E-state index contributed by atoms with van der Waals surface area (Å²) in [7, 11) is 0.